The van der Waals surface area contributed by atoms with Gasteiger partial charge >= 0.3 is 0 Å². The van der Waals surface area contributed by atoms with Crippen molar-refractivity contribution in [1.29, 1.82) is 0 Å². The largest absolute Gasteiger partial charge is 0.378 e. The van der Waals surface area contributed by atoms with Crippen LogP contribution in [0.2, 0.25) is 0 Å². The molecule has 2 heterocycles. The highest BCUT2D eigenvalue weighted by Gasteiger charge is 2.25. The molecule has 2 aromatic carbocycles. The Morgan fingerprint density at radius 1 is 0.929 bits per heavy atom. The first-order valence-corrected chi connectivity index (χ1v) is 11.1. The molecular formula is C22H23N3O2S. The molecule has 0 spiro atoms. The molecule has 6 heteroatoms. The molecule has 5 nitrogen and oxygen atoms in total. The van der Waals surface area contributed by atoms with E-state index in [1.54, 1.807) is 0 Å². The lowest BCUT2D eigenvalue weighted by molar-refractivity contribution is 0.122. The van der Waals surface area contributed by atoms with Gasteiger partial charge in [-0.2, -0.15) is 0 Å². The van der Waals surface area contributed by atoms with E-state index in [1.165, 1.54) is 0 Å². The molecule has 2 aliphatic rings. The molecule has 1 aliphatic heterocycles. The number of aromatic nitrogens is 2. The molecule has 144 valence electrons. The normalized spacial score (nSPS) is 18.1. The van der Waals surface area contributed by atoms with Gasteiger partial charge in [-0.05, 0) is 48.6 Å². The van der Waals surface area contributed by atoms with Crippen LogP contribution in [0.15, 0.2) is 52.4 Å². The summed E-state index contributed by atoms with van der Waals surface area (Å²) in [5.74, 6) is 0.702. The molecule has 0 N–H and O–H groups in total. The van der Waals surface area contributed by atoms with E-state index in [0.717, 1.165) is 65.7 Å². The second-order valence-corrected chi connectivity index (χ2v) is 8.73. The lowest BCUT2D eigenvalue weighted by Crippen LogP contribution is -2.38. The quantitative estimate of drug-likeness (QED) is 0.638. The fourth-order valence-electron chi connectivity index (χ4n) is 4.00. The van der Waals surface area contributed by atoms with Gasteiger partial charge in [0.2, 0.25) is 5.95 Å². The van der Waals surface area contributed by atoms with Gasteiger partial charge in [0.15, 0.2) is 0 Å². The molecule has 0 saturated carbocycles. The lowest BCUT2D eigenvalue weighted by atomic mass is 9.97. The van der Waals surface area contributed by atoms with Gasteiger partial charge < -0.3 is 9.64 Å². The minimum absolute atomic E-state index is 0.684. The van der Waals surface area contributed by atoms with E-state index in [0.29, 0.717) is 24.2 Å². The fourth-order valence-corrected chi connectivity index (χ4v) is 5.26. The van der Waals surface area contributed by atoms with Gasteiger partial charge in [-0.15, -0.1) is 0 Å². The van der Waals surface area contributed by atoms with Crippen molar-refractivity contribution in [3.05, 3.63) is 53.7 Å². The zero-order valence-electron chi connectivity index (χ0n) is 15.8. The number of hydrogen-bond donors (Lipinski definition) is 0. The van der Waals surface area contributed by atoms with Crippen molar-refractivity contribution in [3.63, 3.8) is 0 Å². The Balaban J connectivity index is 1.59. The molecule has 0 radical (unpaired) electrons. The molecule has 0 amide bonds. The number of benzene rings is 2. The number of morpholine rings is 1. The van der Waals surface area contributed by atoms with Crippen molar-refractivity contribution in [2.45, 2.75) is 35.6 Å². The molecule has 3 aromatic rings. The molecule has 1 fully saturated rings. The Labute approximate surface area is 167 Å². The minimum Gasteiger partial charge on any atom is -0.378 e. The van der Waals surface area contributed by atoms with Crippen LogP contribution >= 0.6 is 0 Å². The average Bonchev–Trinajstić information content (AvgIpc) is 2.78. The highest BCUT2D eigenvalue weighted by Crippen LogP contribution is 2.30. The zero-order chi connectivity index (χ0) is 18.9. The number of hydrogen-bond acceptors (Lipinski definition) is 5. The topological polar surface area (TPSA) is 55.3 Å². The van der Waals surface area contributed by atoms with Crippen molar-refractivity contribution in [2.24, 2.45) is 0 Å². The van der Waals surface area contributed by atoms with Gasteiger partial charge in [0.25, 0.3) is 0 Å². The maximum absolute atomic E-state index is 13.6. The zero-order valence-corrected chi connectivity index (χ0v) is 16.6. The summed E-state index contributed by atoms with van der Waals surface area (Å²) in [6, 6.07) is 14.2. The molecule has 5 rings (SSSR count). The number of nitrogens with zero attached hydrogens (tertiary/aromatic N) is 3. The molecule has 28 heavy (non-hydrogen) atoms. The Morgan fingerprint density at radius 2 is 1.71 bits per heavy atom. The molecule has 1 saturated heterocycles. The molecule has 1 unspecified atom stereocenters. The maximum atomic E-state index is 13.6. The van der Waals surface area contributed by atoms with Crippen LogP contribution < -0.4 is 4.90 Å². The summed E-state index contributed by atoms with van der Waals surface area (Å²) < 4.78 is 19.0. The first-order valence-electron chi connectivity index (χ1n) is 9.93. The number of anilines is 1. The highest BCUT2D eigenvalue weighted by atomic mass is 32.2. The van der Waals surface area contributed by atoms with Gasteiger partial charge in [-0.25, -0.2) is 14.2 Å². The Hall–Kier alpha value is -2.31. The monoisotopic (exact) mass is 393 g/mol. The second kappa shape index (κ2) is 7.60. The van der Waals surface area contributed by atoms with Gasteiger partial charge in [0, 0.05) is 23.5 Å². The predicted molar refractivity (Wildman–Crippen MR) is 110 cm³/mol. The summed E-state index contributed by atoms with van der Waals surface area (Å²) >= 11 is 0. The second-order valence-electron chi connectivity index (χ2n) is 7.34. The number of fused-ring (bicyclic) bond motifs is 2. The van der Waals surface area contributed by atoms with Crippen LogP contribution in [0.25, 0.3) is 10.8 Å². The van der Waals surface area contributed by atoms with E-state index < -0.39 is 10.8 Å². The number of rotatable bonds is 3. The van der Waals surface area contributed by atoms with Gasteiger partial charge in [-0.1, -0.05) is 30.3 Å². The standard InChI is InChI=1S/C22H23N3O2S/c26-28(18-10-9-16-5-1-2-6-17(16)15-18)21-19-7-3-4-8-20(19)23-22(24-21)25-11-13-27-14-12-25/h1-2,5-6,9-10,15H,3-4,7-8,11-14H2. The summed E-state index contributed by atoms with van der Waals surface area (Å²) in [4.78, 5) is 12.6. The van der Waals surface area contributed by atoms with E-state index in [9.17, 15) is 4.21 Å². The average molecular weight is 394 g/mol. The Bertz CT molecular complexity index is 1050. The van der Waals surface area contributed by atoms with E-state index in [1.807, 2.05) is 30.3 Å². The van der Waals surface area contributed by atoms with Crippen molar-refractivity contribution >= 4 is 27.5 Å². The summed E-state index contributed by atoms with van der Waals surface area (Å²) in [7, 11) is -1.32. The van der Waals surface area contributed by atoms with E-state index in [4.69, 9.17) is 14.7 Å². The first-order chi connectivity index (χ1) is 13.8. The SMILES string of the molecule is O=S(c1ccc2ccccc2c1)c1nc(N2CCOCC2)nc2c1CCCC2. The van der Waals surface area contributed by atoms with E-state index in [-0.39, 0.29) is 0 Å². The third-order valence-corrected chi connectivity index (χ3v) is 6.91. The van der Waals surface area contributed by atoms with Gasteiger partial charge in [-0.3, -0.25) is 0 Å². The Morgan fingerprint density at radius 3 is 2.57 bits per heavy atom. The summed E-state index contributed by atoms with van der Waals surface area (Å²) in [6.45, 7) is 2.93. The molecule has 1 aromatic heterocycles. The van der Waals surface area contributed by atoms with Crippen LogP contribution in [0.5, 0.6) is 0 Å². The Kier molecular flexibility index (Phi) is 4.82. The minimum atomic E-state index is -1.32. The van der Waals surface area contributed by atoms with E-state index in [2.05, 4.69) is 17.0 Å². The van der Waals surface area contributed by atoms with Crippen LogP contribution in [-0.4, -0.2) is 40.5 Å². The fraction of sp³-hybridized carbons (Fsp3) is 0.364. The van der Waals surface area contributed by atoms with Crippen molar-refractivity contribution in [2.75, 3.05) is 31.2 Å². The third-order valence-electron chi connectivity index (χ3n) is 5.54. The van der Waals surface area contributed by atoms with Crippen LogP contribution in [0, 0.1) is 0 Å². The van der Waals surface area contributed by atoms with E-state index >= 15 is 0 Å². The highest BCUT2D eigenvalue weighted by molar-refractivity contribution is 7.85. The van der Waals surface area contributed by atoms with Crippen LogP contribution in [0.4, 0.5) is 5.95 Å². The lowest BCUT2D eigenvalue weighted by Gasteiger charge is -2.28. The number of ether oxygens (including phenoxy) is 1. The van der Waals surface area contributed by atoms with Crippen molar-refractivity contribution in [1.82, 2.24) is 9.97 Å². The molecular weight excluding hydrogens is 370 g/mol. The summed E-state index contributed by atoms with van der Waals surface area (Å²) in [5.41, 5.74) is 2.17. The third kappa shape index (κ3) is 3.31. The first kappa shape index (κ1) is 17.8. The summed E-state index contributed by atoms with van der Waals surface area (Å²) in [5, 5.41) is 2.95. The number of aryl methyl sites for hydroxylation is 1. The van der Waals surface area contributed by atoms with Crippen molar-refractivity contribution in [3.8, 4) is 0 Å². The van der Waals surface area contributed by atoms with Gasteiger partial charge in [0.05, 0.1) is 18.9 Å². The smallest absolute Gasteiger partial charge is 0.226 e. The molecule has 1 aliphatic carbocycles. The van der Waals surface area contributed by atoms with Gasteiger partial charge in [0.1, 0.15) is 15.8 Å². The molecule has 1 atom stereocenters. The summed E-state index contributed by atoms with van der Waals surface area (Å²) in [6.07, 6.45) is 4.09. The van der Waals surface area contributed by atoms with Crippen LogP contribution in [-0.2, 0) is 28.4 Å². The molecule has 0 bridgehead atoms. The van der Waals surface area contributed by atoms with Crippen molar-refractivity contribution < 1.29 is 8.95 Å². The van der Waals surface area contributed by atoms with Crippen LogP contribution in [0.3, 0.4) is 0 Å². The predicted octanol–water partition coefficient (Wildman–Crippen LogP) is 3.51. The maximum Gasteiger partial charge on any atom is 0.226 e. The van der Waals surface area contributed by atoms with Crippen LogP contribution in [0.1, 0.15) is 24.1 Å².